The summed E-state index contributed by atoms with van der Waals surface area (Å²) in [6.07, 6.45) is 0. The molecule has 8 aromatic rings. The summed E-state index contributed by atoms with van der Waals surface area (Å²) < 4.78 is 23.4. The van der Waals surface area contributed by atoms with Crippen LogP contribution in [-0.2, 0) is 0 Å². The van der Waals surface area contributed by atoms with E-state index < -0.39 is 0 Å². The molecule has 0 N–H and O–H groups in total. The second-order valence-corrected chi connectivity index (χ2v) is 14.8. The van der Waals surface area contributed by atoms with Gasteiger partial charge in [0.1, 0.15) is 40.2 Å². The highest BCUT2D eigenvalue weighted by molar-refractivity contribution is 7.99. The third-order valence-corrected chi connectivity index (χ3v) is 10.5. The number of hydrogen-bond donors (Lipinski definition) is 0. The zero-order valence-electron chi connectivity index (χ0n) is 32.3. The Morgan fingerprint density at radius 2 is 0.593 bits per heavy atom. The molecule has 0 atom stereocenters. The number of aryl methyl sites for hydroxylation is 1. The van der Waals surface area contributed by atoms with Crippen molar-refractivity contribution in [1.82, 2.24) is 0 Å². The molecule has 0 amide bonds. The van der Waals surface area contributed by atoms with Crippen molar-refractivity contribution >= 4 is 23.3 Å². The maximum Gasteiger partial charge on any atom is 0.193 e. The van der Waals surface area contributed by atoms with Gasteiger partial charge in [-0.25, -0.2) is 0 Å². The van der Waals surface area contributed by atoms with Gasteiger partial charge in [0, 0.05) is 32.0 Å². The van der Waals surface area contributed by atoms with E-state index in [9.17, 15) is 9.59 Å². The van der Waals surface area contributed by atoms with Crippen molar-refractivity contribution in [3.8, 4) is 51.4 Å². The molecule has 0 radical (unpaired) electrons. The molecule has 0 aliphatic heterocycles. The first-order chi connectivity index (χ1) is 28.8. The third kappa shape index (κ3) is 9.79. The molecular weight excluding hydrogens is 753 g/mol. The van der Waals surface area contributed by atoms with E-state index in [4.69, 9.17) is 18.9 Å². The summed E-state index contributed by atoms with van der Waals surface area (Å²) in [5.74, 6) is 4.72. The van der Waals surface area contributed by atoms with E-state index >= 15 is 0 Å². The number of ether oxygens (including phenoxy) is 4. The molecule has 0 heterocycles. The van der Waals surface area contributed by atoms with Gasteiger partial charge in [-0.15, -0.1) is 0 Å². The Kier molecular flexibility index (Phi) is 11.7. The van der Waals surface area contributed by atoms with Gasteiger partial charge in [-0.2, -0.15) is 0 Å². The lowest BCUT2D eigenvalue weighted by molar-refractivity contribution is 0.103. The molecule has 0 unspecified atom stereocenters. The first-order valence-corrected chi connectivity index (χ1v) is 19.8. The van der Waals surface area contributed by atoms with E-state index in [-0.39, 0.29) is 11.6 Å². The maximum absolute atomic E-state index is 13.3. The predicted molar refractivity (Wildman–Crippen MR) is 233 cm³/mol. The summed E-state index contributed by atoms with van der Waals surface area (Å²) in [6, 6.07) is 60.5. The minimum absolute atomic E-state index is 0.0207. The molecule has 8 rings (SSSR count). The minimum Gasteiger partial charge on any atom is -0.497 e. The van der Waals surface area contributed by atoms with Crippen LogP contribution in [0.3, 0.4) is 0 Å². The lowest BCUT2D eigenvalue weighted by Gasteiger charge is -2.10. The number of rotatable bonds is 14. The lowest BCUT2D eigenvalue weighted by atomic mass is 10.0. The van der Waals surface area contributed by atoms with Crippen LogP contribution < -0.4 is 18.9 Å². The minimum atomic E-state index is -0.0907. The summed E-state index contributed by atoms with van der Waals surface area (Å²) in [7, 11) is 1.66. The third-order valence-electron chi connectivity index (χ3n) is 9.53. The Morgan fingerprint density at radius 3 is 0.898 bits per heavy atom. The van der Waals surface area contributed by atoms with E-state index in [1.54, 1.807) is 91.7 Å². The molecular formula is C52H38O6S. The Balaban J connectivity index is 0.812. The highest BCUT2D eigenvalue weighted by atomic mass is 32.2. The number of benzene rings is 8. The zero-order valence-corrected chi connectivity index (χ0v) is 33.1. The number of carbonyl (C=O) groups is 2. The molecule has 0 saturated carbocycles. The Bertz CT molecular complexity index is 2650. The summed E-state index contributed by atoms with van der Waals surface area (Å²) in [5.41, 5.74) is 5.56. The van der Waals surface area contributed by atoms with E-state index in [0.29, 0.717) is 56.8 Å². The highest BCUT2D eigenvalue weighted by Crippen LogP contribution is 2.33. The molecule has 0 aliphatic carbocycles. The van der Waals surface area contributed by atoms with Gasteiger partial charge in [0.2, 0.25) is 0 Å². The monoisotopic (exact) mass is 790 g/mol. The van der Waals surface area contributed by atoms with Crippen molar-refractivity contribution in [3.05, 3.63) is 222 Å². The largest absolute Gasteiger partial charge is 0.497 e. The molecule has 0 aliphatic rings. The number of hydrogen-bond acceptors (Lipinski definition) is 7. The first kappa shape index (κ1) is 38.5. The van der Waals surface area contributed by atoms with Crippen LogP contribution in [0.25, 0.3) is 11.1 Å². The fraction of sp³-hybridized carbons (Fsp3) is 0.0385. The van der Waals surface area contributed by atoms with Gasteiger partial charge in [0.15, 0.2) is 11.6 Å². The summed E-state index contributed by atoms with van der Waals surface area (Å²) in [4.78, 5) is 28.3. The molecule has 6 nitrogen and oxygen atoms in total. The van der Waals surface area contributed by atoms with E-state index in [2.05, 4.69) is 0 Å². The van der Waals surface area contributed by atoms with Gasteiger partial charge in [-0.1, -0.05) is 65.9 Å². The maximum atomic E-state index is 13.3. The van der Waals surface area contributed by atoms with Crippen molar-refractivity contribution in [2.45, 2.75) is 16.7 Å². The van der Waals surface area contributed by atoms with E-state index in [1.165, 1.54) is 0 Å². The quantitative estimate of drug-likeness (QED) is 0.102. The molecule has 288 valence electrons. The predicted octanol–water partition coefficient (Wildman–Crippen LogP) is 13.7. The van der Waals surface area contributed by atoms with Crippen LogP contribution in [0.15, 0.2) is 204 Å². The smallest absolute Gasteiger partial charge is 0.193 e. The van der Waals surface area contributed by atoms with Gasteiger partial charge in [0.05, 0.1) is 7.11 Å². The van der Waals surface area contributed by atoms with Gasteiger partial charge >= 0.3 is 0 Å². The molecule has 0 fully saturated rings. The number of methoxy groups -OCH3 is 1. The van der Waals surface area contributed by atoms with Gasteiger partial charge in [0.25, 0.3) is 0 Å². The van der Waals surface area contributed by atoms with Crippen molar-refractivity contribution in [1.29, 1.82) is 0 Å². The molecule has 0 saturated heterocycles. The van der Waals surface area contributed by atoms with Crippen LogP contribution in [0.5, 0.6) is 40.2 Å². The average molecular weight is 791 g/mol. The molecule has 59 heavy (non-hydrogen) atoms. The lowest BCUT2D eigenvalue weighted by Crippen LogP contribution is -2.01. The Labute approximate surface area is 347 Å². The molecule has 0 spiro atoms. The Morgan fingerprint density at radius 1 is 0.339 bits per heavy atom. The normalized spacial score (nSPS) is 10.7. The molecule has 8 aromatic carbocycles. The first-order valence-electron chi connectivity index (χ1n) is 19.0. The van der Waals surface area contributed by atoms with Crippen LogP contribution in [0.4, 0.5) is 0 Å². The molecule has 0 aromatic heterocycles. The average Bonchev–Trinajstić information content (AvgIpc) is 3.28. The van der Waals surface area contributed by atoms with Crippen molar-refractivity contribution in [2.75, 3.05) is 7.11 Å². The van der Waals surface area contributed by atoms with Crippen molar-refractivity contribution < 1.29 is 28.5 Å². The fourth-order valence-corrected chi connectivity index (χ4v) is 7.07. The fourth-order valence-electron chi connectivity index (χ4n) is 6.26. The summed E-state index contributed by atoms with van der Waals surface area (Å²) in [5, 5.41) is 0. The summed E-state index contributed by atoms with van der Waals surface area (Å²) in [6.45, 7) is 2.00. The number of ketones is 2. The SMILES string of the molecule is COc1ccc(Sc2ccc(Oc3ccc(C(=O)c4ccc(Oc5ccc(-c6ccc(Oc7ccc(C(=O)c8ccc(C)cc8)cc7)cc6)cc5)cc4)cc3)cc2)cc1. The van der Waals surface area contributed by atoms with Crippen LogP contribution in [-0.4, -0.2) is 18.7 Å². The van der Waals surface area contributed by atoms with E-state index in [0.717, 1.165) is 32.2 Å². The summed E-state index contributed by atoms with van der Waals surface area (Å²) >= 11 is 1.66. The molecule has 7 heteroatoms. The van der Waals surface area contributed by atoms with Crippen molar-refractivity contribution in [2.24, 2.45) is 0 Å². The number of carbonyl (C=O) groups excluding carboxylic acids is 2. The van der Waals surface area contributed by atoms with Crippen LogP contribution in [0.2, 0.25) is 0 Å². The Hall–Kier alpha value is -7.35. The topological polar surface area (TPSA) is 71.1 Å². The second-order valence-electron chi connectivity index (χ2n) is 13.7. The van der Waals surface area contributed by atoms with Crippen molar-refractivity contribution in [3.63, 3.8) is 0 Å². The van der Waals surface area contributed by atoms with Crippen LogP contribution in [0, 0.1) is 6.92 Å². The van der Waals surface area contributed by atoms with E-state index in [1.807, 2.05) is 128 Å². The van der Waals surface area contributed by atoms with Gasteiger partial charge in [-0.05, 0) is 164 Å². The van der Waals surface area contributed by atoms with Gasteiger partial charge < -0.3 is 18.9 Å². The zero-order chi connectivity index (χ0) is 40.6. The second kappa shape index (κ2) is 17.8. The van der Waals surface area contributed by atoms with Crippen LogP contribution in [0.1, 0.15) is 37.4 Å². The van der Waals surface area contributed by atoms with Gasteiger partial charge in [-0.3, -0.25) is 9.59 Å². The standard InChI is InChI=1S/C52H38O6S/c1-35-3-5-38(6-4-35)51(53)39-11-21-45(22-12-39)56-43-17-7-36(8-18-43)37-9-19-44(20-10-37)57-46-23-13-40(14-24-46)52(54)41-15-25-47(26-16-41)58-48-29-33-50(34-30-48)59-49-31-27-42(55-2)28-32-49/h3-34H,1-2H3. The highest BCUT2D eigenvalue weighted by Gasteiger charge is 2.12. The molecule has 0 bridgehead atoms. The van der Waals surface area contributed by atoms with Crippen LogP contribution >= 0.6 is 11.8 Å².